The van der Waals surface area contributed by atoms with Crippen molar-refractivity contribution in [2.45, 2.75) is 19.8 Å². The molecule has 1 aliphatic rings. The molecule has 0 amide bonds. The summed E-state index contributed by atoms with van der Waals surface area (Å²) in [5, 5.41) is 0.811. The molecule has 0 bridgehead atoms. The molecule has 1 heteroatoms. The van der Waals surface area contributed by atoms with E-state index >= 15 is 0 Å². The number of fused-ring (bicyclic) bond motifs is 1. The average Bonchev–Trinajstić information content (AvgIpc) is 2.16. The maximum absolute atomic E-state index is 5.98. The zero-order chi connectivity index (χ0) is 9.97. The Bertz CT molecular complexity index is 400. The van der Waals surface area contributed by atoms with Gasteiger partial charge < -0.3 is 0 Å². The van der Waals surface area contributed by atoms with Gasteiger partial charge in [-0.1, -0.05) is 35.9 Å². The Kier molecular flexibility index (Phi) is 2.74. The quantitative estimate of drug-likeness (QED) is 0.582. The van der Waals surface area contributed by atoms with E-state index in [1.807, 2.05) is 12.1 Å². The Morgan fingerprint density at radius 1 is 1.21 bits per heavy atom. The lowest BCUT2D eigenvalue weighted by molar-refractivity contribution is 1.05. The van der Waals surface area contributed by atoms with Crippen LogP contribution in [-0.4, -0.2) is 0 Å². The van der Waals surface area contributed by atoms with E-state index in [0.717, 1.165) is 17.9 Å². The van der Waals surface area contributed by atoms with Crippen molar-refractivity contribution in [1.82, 2.24) is 0 Å². The predicted molar refractivity (Wildman–Crippen MR) is 63.4 cm³/mol. The summed E-state index contributed by atoms with van der Waals surface area (Å²) in [6.45, 7) is 2.15. The van der Waals surface area contributed by atoms with E-state index in [4.69, 9.17) is 11.6 Å². The van der Waals surface area contributed by atoms with Crippen LogP contribution >= 0.6 is 11.6 Å². The highest BCUT2D eigenvalue weighted by Crippen LogP contribution is 2.26. The Labute approximate surface area is 89.9 Å². The molecule has 0 nitrogen and oxygen atoms in total. The van der Waals surface area contributed by atoms with Crippen molar-refractivity contribution >= 4 is 23.3 Å². The highest BCUT2D eigenvalue weighted by atomic mass is 35.5. The minimum atomic E-state index is 0.811. The van der Waals surface area contributed by atoms with E-state index in [0.29, 0.717) is 0 Å². The molecule has 0 radical (unpaired) electrons. The van der Waals surface area contributed by atoms with Crippen LogP contribution in [0.1, 0.15) is 30.9 Å². The zero-order valence-corrected chi connectivity index (χ0v) is 9.01. The fraction of sp³-hybridized carbons (Fsp3) is 0.231. The first-order valence-corrected chi connectivity index (χ1v) is 5.28. The van der Waals surface area contributed by atoms with Crippen LogP contribution in [0.15, 0.2) is 30.4 Å². The molecule has 0 unspecified atom stereocenters. The summed E-state index contributed by atoms with van der Waals surface area (Å²) < 4.78 is 0. The molecule has 0 saturated heterocycles. The fourth-order valence-electron chi connectivity index (χ4n) is 1.73. The van der Waals surface area contributed by atoms with Crippen molar-refractivity contribution in [2.75, 3.05) is 0 Å². The Morgan fingerprint density at radius 2 is 2.07 bits per heavy atom. The van der Waals surface area contributed by atoms with Gasteiger partial charge in [0.1, 0.15) is 0 Å². The second-order valence-electron chi connectivity index (χ2n) is 3.60. The first-order valence-electron chi connectivity index (χ1n) is 4.90. The third kappa shape index (κ3) is 1.91. The molecule has 2 rings (SSSR count). The molecule has 0 heterocycles. The van der Waals surface area contributed by atoms with Crippen molar-refractivity contribution in [3.05, 3.63) is 46.5 Å². The first kappa shape index (κ1) is 9.54. The van der Waals surface area contributed by atoms with Crippen LogP contribution in [-0.2, 0) is 0 Å². The molecule has 0 aliphatic heterocycles. The van der Waals surface area contributed by atoms with Gasteiger partial charge in [-0.25, -0.2) is 0 Å². The lowest BCUT2D eigenvalue weighted by atomic mass is 9.97. The van der Waals surface area contributed by atoms with Crippen LogP contribution < -0.4 is 0 Å². The van der Waals surface area contributed by atoms with Gasteiger partial charge >= 0.3 is 0 Å². The van der Waals surface area contributed by atoms with Crippen molar-refractivity contribution in [3.63, 3.8) is 0 Å². The summed E-state index contributed by atoms with van der Waals surface area (Å²) in [7, 11) is 0. The van der Waals surface area contributed by atoms with Crippen molar-refractivity contribution in [2.24, 2.45) is 0 Å². The van der Waals surface area contributed by atoms with Crippen LogP contribution in [0, 0.1) is 0 Å². The minimum Gasteiger partial charge on any atom is -0.0843 e. The van der Waals surface area contributed by atoms with Gasteiger partial charge in [-0.05, 0) is 48.6 Å². The summed E-state index contributed by atoms with van der Waals surface area (Å²) >= 11 is 5.98. The molecule has 14 heavy (non-hydrogen) atoms. The van der Waals surface area contributed by atoms with Crippen LogP contribution in [0.3, 0.4) is 0 Å². The predicted octanol–water partition coefficient (Wildman–Crippen LogP) is 4.55. The maximum Gasteiger partial charge on any atom is 0.0412 e. The third-order valence-corrected chi connectivity index (χ3v) is 2.76. The van der Waals surface area contributed by atoms with Gasteiger partial charge in [0.05, 0.1) is 0 Å². The van der Waals surface area contributed by atoms with E-state index in [1.54, 1.807) is 0 Å². The smallest absolute Gasteiger partial charge is 0.0412 e. The second-order valence-corrected chi connectivity index (χ2v) is 4.03. The average molecular weight is 205 g/mol. The summed E-state index contributed by atoms with van der Waals surface area (Å²) in [6.07, 6.45) is 8.92. The van der Waals surface area contributed by atoms with Crippen LogP contribution in [0.2, 0.25) is 5.02 Å². The number of benzene rings is 1. The van der Waals surface area contributed by atoms with Gasteiger partial charge in [0.25, 0.3) is 0 Å². The number of rotatable bonds is 0. The summed E-state index contributed by atoms with van der Waals surface area (Å²) in [6, 6.07) is 6.06. The highest BCUT2D eigenvalue weighted by Gasteiger charge is 2.04. The molecule has 0 aromatic heterocycles. The number of allylic oxidation sites excluding steroid dienone is 3. The molecule has 1 aliphatic carbocycles. The van der Waals surface area contributed by atoms with E-state index in [9.17, 15) is 0 Å². The fourth-order valence-corrected chi connectivity index (χ4v) is 1.90. The highest BCUT2D eigenvalue weighted by molar-refractivity contribution is 6.30. The van der Waals surface area contributed by atoms with E-state index < -0.39 is 0 Å². The van der Waals surface area contributed by atoms with E-state index in [2.05, 4.69) is 31.2 Å². The maximum atomic E-state index is 5.98. The topological polar surface area (TPSA) is 0 Å². The van der Waals surface area contributed by atoms with E-state index in [1.165, 1.54) is 16.7 Å². The lowest BCUT2D eigenvalue weighted by Crippen LogP contribution is -1.88. The van der Waals surface area contributed by atoms with Gasteiger partial charge in [0, 0.05) is 5.02 Å². The normalized spacial score (nSPS) is 21.4. The van der Waals surface area contributed by atoms with Crippen LogP contribution in [0.25, 0.3) is 11.6 Å². The number of halogens is 1. The number of hydrogen-bond acceptors (Lipinski definition) is 0. The van der Waals surface area contributed by atoms with E-state index in [-0.39, 0.29) is 0 Å². The second kappa shape index (κ2) is 4.02. The van der Waals surface area contributed by atoms with Crippen LogP contribution in [0.5, 0.6) is 0 Å². The van der Waals surface area contributed by atoms with Gasteiger partial charge in [-0.3, -0.25) is 0 Å². The lowest BCUT2D eigenvalue weighted by Gasteiger charge is -2.09. The van der Waals surface area contributed by atoms with Gasteiger partial charge in [0.2, 0.25) is 0 Å². The molecular formula is C13H13Cl. The van der Waals surface area contributed by atoms with Gasteiger partial charge in [-0.2, -0.15) is 0 Å². The van der Waals surface area contributed by atoms with Gasteiger partial charge in [-0.15, -0.1) is 0 Å². The molecule has 0 atom stereocenters. The standard InChI is InChI=1S/C13H13Cl/c1-10-5-3-2-4-6-11-7-8-12(14)9-13(10)11/h4-9H,2-3H2,1H3/b6-4-,10-5-. The van der Waals surface area contributed by atoms with Gasteiger partial charge in [0.15, 0.2) is 0 Å². The summed E-state index contributed by atoms with van der Waals surface area (Å²) in [5.74, 6) is 0. The monoisotopic (exact) mass is 204 g/mol. The van der Waals surface area contributed by atoms with Crippen molar-refractivity contribution < 1.29 is 0 Å². The number of hydrogen-bond donors (Lipinski definition) is 0. The Hall–Kier alpha value is -1.01. The van der Waals surface area contributed by atoms with Crippen LogP contribution in [0.4, 0.5) is 0 Å². The minimum absolute atomic E-state index is 0.811. The molecule has 1 aromatic carbocycles. The largest absolute Gasteiger partial charge is 0.0843 e. The zero-order valence-electron chi connectivity index (χ0n) is 8.26. The first-order chi connectivity index (χ1) is 6.77. The molecule has 72 valence electrons. The SMILES string of the molecule is C/C1=C/CC/C=C\c2ccc(Cl)cc21. The molecule has 0 saturated carbocycles. The summed E-state index contributed by atoms with van der Waals surface area (Å²) in [5.41, 5.74) is 3.85. The van der Waals surface area contributed by atoms with Crippen molar-refractivity contribution in [1.29, 1.82) is 0 Å². The third-order valence-electron chi connectivity index (χ3n) is 2.52. The molecule has 0 fully saturated rings. The molecular weight excluding hydrogens is 192 g/mol. The molecule has 0 N–H and O–H groups in total. The summed E-state index contributed by atoms with van der Waals surface area (Å²) in [4.78, 5) is 0. The Morgan fingerprint density at radius 3 is 2.93 bits per heavy atom. The molecule has 1 aromatic rings. The Balaban J connectivity index is 2.58. The van der Waals surface area contributed by atoms with Crippen molar-refractivity contribution in [3.8, 4) is 0 Å². The molecule has 0 spiro atoms.